The minimum Gasteiger partial charge on any atom is -0.481 e. The zero-order valence-corrected chi connectivity index (χ0v) is 11.2. The second-order valence-electron chi connectivity index (χ2n) is 4.35. The van der Waals surface area contributed by atoms with Crippen LogP contribution in [-0.4, -0.2) is 35.9 Å². The van der Waals surface area contributed by atoms with Gasteiger partial charge in [0.15, 0.2) is 12.2 Å². The van der Waals surface area contributed by atoms with Crippen LogP contribution in [0.15, 0.2) is 24.3 Å². The minimum atomic E-state index is -4.71. The topological polar surface area (TPSA) is 58.6 Å². The Morgan fingerprint density at radius 2 is 2.10 bits per heavy atom. The van der Waals surface area contributed by atoms with E-state index in [-0.39, 0.29) is 12.3 Å². The quantitative estimate of drug-likeness (QED) is 0.791. The number of aliphatic hydroxyl groups is 1. The van der Waals surface area contributed by atoms with Crippen molar-refractivity contribution < 1.29 is 32.2 Å². The summed E-state index contributed by atoms with van der Waals surface area (Å²) in [6, 6.07) is 5.13. The summed E-state index contributed by atoms with van der Waals surface area (Å²) in [4.78, 5) is 11.6. The second-order valence-corrected chi connectivity index (χ2v) is 4.35. The van der Waals surface area contributed by atoms with Crippen molar-refractivity contribution in [3.63, 3.8) is 0 Å². The Morgan fingerprint density at radius 1 is 1.43 bits per heavy atom. The zero-order chi connectivity index (χ0) is 16.0. The lowest BCUT2D eigenvalue weighted by molar-refractivity contribution is -0.205. The molecule has 0 fully saturated rings. The molecule has 0 radical (unpaired) electrons. The lowest BCUT2D eigenvalue weighted by Crippen LogP contribution is -2.39. The fourth-order valence-corrected chi connectivity index (χ4v) is 1.44. The number of aliphatic hydroxyl groups excluding tert-OH is 1. The first-order valence-corrected chi connectivity index (χ1v) is 6.15. The van der Waals surface area contributed by atoms with Gasteiger partial charge in [0.1, 0.15) is 11.6 Å². The van der Waals surface area contributed by atoms with Crippen LogP contribution >= 0.6 is 0 Å². The predicted molar refractivity (Wildman–Crippen MR) is 66.2 cm³/mol. The van der Waals surface area contributed by atoms with Gasteiger partial charge in [0, 0.05) is 12.6 Å². The summed E-state index contributed by atoms with van der Waals surface area (Å²) >= 11 is 0. The van der Waals surface area contributed by atoms with Crippen LogP contribution < -0.4 is 10.1 Å². The molecular formula is C13H15F4NO3. The van der Waals surface area contributed by atoms with Crippen molar-refractivity contribution in [2.24, 2.45) is 0 Å². The van der Waals surface area contributed by atoms with E-state index in [1.54, 1.807) is 0 Å². The molecule has 0 heterocycles. The van der Waals surface area contributed by atoms with Crippen LogP contribution in [0, 0.1) is 5.82 Å². The Bertz CT molecular complexity index is 479. The zero-order valence-electron chi connectivity index (χ0n) is 11.2. The van der Waals surface area contributed by atoms with E-state index in [9.17, 15) is 22.4 Å². The average Bonchev–Trinajstić information content (AvgIpc) is 2.37. The molecule has 8 heteroatoms. The van der Waals surface area contributed by atoms with Crippen LogP contribution in [0.1, 0.15) is 13.3 Å². The number of rotatable bonds is 6. The van der Waals surface area contributed by atoms with Crippen LogP contribution in [0.5, 0.6) is 5.75 Å². The van der Waals surface area contributed by atoms with Crippen LogP contribution in [0.4, 0.5) is 17.6 Å². The summed E-state index contributed by atoms with van der Waals surface area (Å²) in [5.41, 5.74) is 0. The van der Waals surface area contributed by atoms with Gasteiger partial charge < -0.3 is 15.2 Å². The number of benzene rings is 1. The molecular weight excluding hydrogens is 294 g/mol. The maximum atomic E-state index is 12.9. The van der Waals surface area contributed by atoms with E-state index in [1.165, 1.54) is 25.1 Å². The predicted octanol–water partition coefficient (Wildman–Crippen LogP) is 2.02. The number of carbonyl (C=O) groups is 1. The number of amides is 1. The highest BCUT2D eigenvalue weighted by molar-refractivity contribution is 5.80. The molecule has 0 aliphatic rings. The minimum absolute atomic E-state index is 0.132. The summed E-state index contributed by atoms with van der Waals surface area (Å²) < 4.78 is 54.2. The van der Waals surface area contributed by atoms with Gasteiger partial charge in [0.05, 0.1) is 0 Å². The third-order valence-corrected chi connectivity index (χ3v) is 2.57. The number of hydrogen-bond donors (Lipinski definition) is 2. The van der Waals surface area contributed by atoms with E-state index in [1.807, 2.05) is 0 Å². The van der Waals surface area contributed by atoms with Crippen molar-refractivity contribution >= 4 is 5.91 Å². The highest BCUT2D eigenvalue weighted by Gasteiger charge is 2.37. The van der Waals surface area contributed by atoms with E-state index in [0.717, 1.165) is 6.07 Å². The molecule has 0 saturated carbocycles. The van der Waals surface area contributed by atoms with Crippen molar-refractivity contribution in [3.05, 3.63) is 30.1 Å². The van der Waals surface area contributed by atoms with Crippen LogP contribution in [0.3, 0.4) is 0 Å². The van der Waals surface area contributed by atoms with E-state index in [4.69, 9.17) is 9.84 Å². The first kappa shape index (κ1) is 17.2. The summed E-state index contributed by atoms with van der Waals surface area (Å²) in [6.45, 7) is 1.02. The first-order chi connectivity index (χ1) is 9.70. The largest absolute Gasteiger partial charge is 0.481 e. The van der Waals surface area contributed by atoms with Crippen molar-refractivity contribution in [2.45, 2.75) is 31.7 Å². The average molecular weight is 309 g/mol. The van der Waals surface area contributed by atoms with Gasteiger partial charge in [-0.15, -0.1) is 0 Å². The molecule has 2 atom stereocenters. The fraction of sp³-hybridized carbons (Fsp3) is 0.462. The van der Waals surface area contributed by atoms with Crippen LogP contribution in [0.2, 0.25) is 0 Å². The number of carbonyl (C=O) groups excluding carboxylic acids is 1. The lowest BCUT2D eigenvalue weighted by Gasteiger charge is -2.17. The molecule has 0 aromatic heterocycles. The van der Waals surface area contributed by atoms with Crippen molar-refractivity contribution in [2.75, 3.05) is 6.54 Å². The molecule has 0 bridgehead atoms. The van der Waals surface area contributed by atoms with Crippen molar-refractivity contribution in [1.82, 2.24) is 5.32 Å². The standard InChI is InChI=1S/C13H15F4NO3/c1-8(21-10-4-2-3-9(14)7-10)12(20)18-6-5-11(19)13(15,16)17/h2-4,7-8,11,19H,5-6H2,1H3,(H,18,20)/t8-,11-/m1/s1. The molecule has 1 aromatic carbocycles. The molecule has 0 aliphatic carbocycles. The molecule has 1 amide bonds. The molecule has 0 saturated heterocycles. The lowest BCUT2D eigenvalue weighted by atomic mass is 10.2. The van der Waals surface area contributed by atoms with E-state index < -0.39 is 36.5 Å². The summed E-state index contributed by atoms with van der Waals surface area (Å²) in [5, 5.41) is 11.0. The van der Waals surface area contributed by atoms with Crippen molar-refractivity contribution in [3.8, 4) is 5.75 Å². The Morgan fingerprint density at radius 3 is 2.67 bits per heavy atom. The number of halogens is 4. The third kappa shape index (κ3) is 5.99. The molecule has 1 aromatic rings. The third-order valence-electron chi connectivity index (χ3n) is 2.57. The Balaban J connectivity index is 2.38. The maximum Gasteiger partial charge on any atom is 0.414 e. The number of alkyl halides is 3. The Labute approximate surface area is 118 Å². The van der Waals surface area contributed by atoms with Gasteiger partial charge in [-0.25, -0.2) is 4.39 Å². The summed E-state index contributed by atoms with van der Waals surface area (Å²) in [7, 11) is 0. The molecule has 21 heavy (non-hydrogen) atoms. The molecule has 2 N–H and O–H groups in total. The molecule has 118 valence electrons. The van der Waals surface area contributed by atoms with Gasteiger partial charge >= 0.3 is 6.18 Å². The van der Waals surface area contributed by atoms with E-state index in [2.05, 4.69) is 5.32 Å². The molecule has 0 aliphatic heterocycles. The SMILES string of the molecule is C[C@@H](Oc1cccc(F)c1)C(=O)NCC[C@@H](O)C(F)(F)F. The Kier molecular flexibility index (Phi) is 5.95. The van der Waals surface area contributed by atoms with Gasteiger partial charge in [-0.05, 0) is 25.5 Å². The summed E-state index contributed by atoms with van der Waals surface area (Å²) in [5.74, 6) is -1.06. The number of nitrogens with one attached hydrogen (secondary N) is 1. The molecule has 0 spiro atoms. The fourth-order valence-electron chi connectivity index (χ4n) is 1.44. The van der Waals surface area contributed by atoms with Gasteiger partial charge in [-0.2, -0.15) is 13.2 Å². The van der Waals surface area contributed by atoms with Gasteiger partial charge in [-0.3, -0.25) is 4.79 Å². The highest BCUT2D eigenvalue weighted by Crippen LogP contribution is 2.21. The highest BCUT2D eigenvalue weighted by atomic mass is 19.4. The molecule has 0 unspecified atom stereocenters. The van der Waals surface area contributed by atoms with Gasteiger partial charge in [0.2, 0.25) is 0 Å². The number of ether oxygens (including phenoxy) is 1. The van der Waals surface area contributed by atoms with Gasteiger partial charge in [-0.1, -0.05) is 6.07 Å². The van der Waals surface area contributed by atoms with Crippen LogP contribution in [0.25, 0.3) is 0 Å². The van der Waals surface area contributed by atoms with Crippen LogP contribution in [-0.2, 0) is 4.79 Å². The van der Waals surface area contributed by atoms with Crippen molar-refractivity contribution in [1.29, 1.82) is 0 Å². The second kappa shape index (κ2) is 7.26. The van der Waals surface area contributed by atoms with E-state index >= 15 is 0 Å². The monoisotopic (exact) mass is 309 g/mol. The van der Waals surface area contributed by atoms with Gasteiger partial charge in [0.25, 0.3) is 5.91 Å². The Hall–Kier alpha value is -1.83. The summed E-state index contributed by atoms with van der Waals surface area (Å²) in [6.07, 6.45) is -8.86. The van der Waals surface area contributed by atoms with E-state index in [0.29, 0.717) is 0 Å². The molecule has 1 rings (SSSR count). The normalized spacial score (nSPS) is 14.4. The molecule has 4 nitrogen and oxygen atoms in total. The maximum absolute atomic E-state index is 12.9. The smallest absolute Gasteiger partial charge is 0.414 e. The first-order valence-electron chi connectivity index (χ1n) is 6.15. The number of hydrogen-bond acceptors (Lipinski definition) is 3.